The van der Waals surface area contributed by atoms with Crippen LogP contribution >= 0.6 is 0 Å². The minimum atomic E-state index is -1.70. The predicted octanol–water partition coefficient (Wildman–Crippen LogP) is 6.51. The van der Waals surface area contributed by atoms with E-state index in [0.717, 1.165) is 22.3 Å². The zero-order valence-corrected chi connectivity index (χ0v) is 25.5. The number of ketones is 1. The van der Waals surface area contributed by atoms with Crippen molar-refractivity contribution in [2.45, 2.75) is 52.2 Å². The van der Waals surface area contributed by atoms with E-state index in [1.54, 1.807) is 36.4 Å². The van der Waals surface area contributed by atoms with Crippen LogP contribution in [0.15, 0.2) is 97.1 Å². The molecule has 0 bridgehead atoms. The second-order valence-corrected chi connectivity index (χ2v) is 11.9. The molecular formula is C37H38N2O5. The number of benzene rings is 4. The molecule has 4 aromatic rings. The van der Waals surface area contributed by atoms with Crippen LogP contribution in [0.2, 0.25) is 0 Å². The highest BCUT2D eigenvalue weighted by Crippen LogP contribution is 2.47. The molecule has 0 saturated heterocycles. The Kier molecular flexibility index (Phi) is 8.97. The van der Waals surface area contributed by atoms with Gasteiger partial charge in [0, 0.05) is 23.7 Å². The van der Waals surface area contributed by atoms with Crippen LogP contribution in [0.25, 0.3) is 0 Å². The van der Waals surface area contributed by atoms with Gasteiger partial charge in [0.05, 0.1) is 11.5 Å². The van der Waals surface area contributed by atoms with Crippen molar-refractivity contribution >= 4 is 29.0 Å². The molecule has 226 valence electrons. The quantitative estimate of drug-likeness (QED) is 0.203. The van der Waals surface area contributed by atoms with Gasteiger partial charge >= 0.3 is 0 Å². The Morgan fingerprint density at radius 1 is 0.773 bits per heavy atom. The Labute approximate surface area is 258 Å². The number of carbonyl (C=O) groups is 3. The van der Waals surface area contributed by atoms with E-state index in [2.05, 4.69) is 10.6 Å². The van der Waals surface area contributed by atoms with Crippen LogP contribution in [0.3, 0.4) is 0 Å². The van der Waals surface area contributed by atoms with E-state index >= 15 is 0 Å². The number of ether oxygens (including phenoxy) is 1. The third kappa shape index (κ3) is 6.58. The highest BCUT2D eigenvalue weighted by molar-refractivity contribution is 6.10. The second-order valence-electron chi connectivity index (χ2n) is 11.9. The fourth-order valence-electron chi connectivity index (χ4n) is 6.06. The third-order valence-corrected chi connectivity index (χ3v) is 8.56. The summed E-state index contributed by atoms with van der Waals surface area (Å²) in [6.45, 7) is 7.65. The first-order valence-electron chi connectivity index (χ1n) is 14.8. The summed E-state index contributed by atoms with van der Waals surface area (Å²) in [5, 5.41) is 17.5. The molecule has 4 unspecified atom stereocenters. The first-order chi connectivity index (χ1) is 21.0. The van der Waals surface area contributed by atoms with Gasteiger partial charge in [-0.05, 0) is 79.8 Å². The summed E-state index contributed by atoms with van der Waals surface area (Å²) in [5.41, 5.74) is 3.95. The second kappa shape index (κ2) is 12.9. The average Bonchev–Trinajstić information content (AvgIpc) is 2.98. The van der Waals surface area contributed by atoms with Crippen molar-refractivity contribution in [1.82, 2.24) is 0 Å². The van der Waals surface area contributed by atoms with Gasteiger partial charge in [-0.25, -0.2) is 0 Å². The first kappa shape index (κ1) is 30.7. The van der Waals surface area contributed by atoms with E-state index in [4.69, 9.17) is 4.74 Å². The topological polar surface area (TPSA) is 105 Å². The number of carbonyl (C=O) groups excluding carboxylic acids is 3. The van der Waals surface area contributed by atoms with Crippen molar-refractivity contribution in [3.63, 3.8) is 0 Å². The van der Waals surface area contributed by atoms with Crippen molar-refractivity contribution in [2.75, 3.05) is 10.6 Å². The highest BCUT2D eigenvalue weighted by atomic mass is 16.5. The number of hydrogen-bond donors (Lipinski definition) is 3. The van der Waals surface area contributed by atoms with Crippen LogP contribution in [0.5, 0.6) is 5.75 Å². The van der Waals surface area contributed by atoms with Gasteiger partial charge in [-0.3, -0.25) is 14.4 Å². The summed E-state index contributed by atoms with van der Waals surface area (Å²) in [4.78, 5) is 41.6. The Bertz CT molecular complexity index is 1680. The van der Waals surface area contributed by atoms with Gasteiger partial charge in [0.1, 0.15) is 24.1 Å². The molecule has 0 radical (unpaired) electrons. The SMILES string of the molecule is Cc1ccccc1COc1ccc(C2C(C(=O)Nc3ccccc3C)C(=O)CC(C)(O)C2C(=O)Nc2ccccc2C)cc1. The van der Waals surface area contributed by atoms with E-state index in [1.807, 2.05) is 81.4 Å². The lowest BCUT2D eigenvalue weighted by atomic mass is 9.61. The zero-order valence-electron chi connectivity index (χ0n) is 25.5. The van der Waals surface area contributed by atoms with Gasteiger partial charge in [-0.15, -0.1) is 0 Å². The van der Waals surface area contributed by atoms with Gasteiger partial charge < -0.3 is 20.5 Å². The first-order valence-corrected chi connectivity index (χ1v) is 14.8. The van der Waals surface area contributed by atoms with E-state index < -0.39 is 41.0 Å². The maximum Gasteiger partial charge on any atom is 0.235 e. The minimum absolute atomic E-state index is 0.334. The molecule has 7 heteroatoms. The zero-order chi connectivity index (χ0) is 31.4. The van der Waals surface area contributed by atoms with Gasteiger partial charge in [0.25, 0.3) is 0 Å². The lowest BCUT2D eigenvalue weighted by Crippen LogP contribution is -2.56. The van der Waals surface area contributed by atoms with Gasteiger partial charge in [0.15, 0.2) is 0 Å². The van der Waals surface area contributed by atoms with Crippen LogP contribution in [0.1, 0.15) is 47.1 Å². The van der Waals surface area contributed by atoms with Gasteiger partial charge in [-0.2, -0.15) is 0 Å². The molecule has 4 atom stereocenters. The number of hydrogen-bond acceptors (Lipinski definition) is 5. The Morgan fingerprint density at radius 3 is 1.86 bits per heavy atom. The summed E-state index contributed by atoms with van der Waals surface area (Å²) < 4.78 is 6.04. The molecule has 2 amide bonds. The number of nitrogens with one attached hydrogen (secondary N) is 2. The van der Waals surface area contributed by atoms with E-state index in [-0.39, 0.29) is 6.42 Å². The molecule has 7 nitrogen and oxygen atoms in total. The standard InChI is InChI=1S/C37H38N2O5/c1-23-11-5-8-14-27(23)22-44-28-19-17-26(18-20-28)32-33(35(41)38-29-15-9-6-12-24(29)2)31(40)21-37(4,43)34(32)36(42)39-30-16-10-7-13-25(30)3/h5-20,32-34,43H,21-22H2,1-4H3,(H,38,41)(H,39,42). The molecule has 0 spiro atoms. The number of aryl methyl sites for hydroxylation is 3. The van der Waals surface area contributed by atoms with E-state index in [9.17, 15) is 19.5 Å². The van der Waals surface area contributed by atoms with E-state index in [0.29, 0.717) is 29.3 Å². The maximum atomic E-state index is 14.0. The number of anilines is 2. The minimum Gasteiger partial charge on any atom is -0.489 e. The lowest BCUT2D eigenvalue weighted by Gasteiger charge is -2.44. The molecule has 1 fully saturated rings. The number of aliphatic hydroxyl groups is 1. The molecule has 0 aliphatic heterocycles. The molecular weight excluding hydrogens is 552 g/mol. The number of Topliss-reactive ketones (excluding diaryl/α,β-unsaturated/α-hetero) is 1. The van der Waals surface area contributed by atoms with Crippen LogP contribution in [-0.2, 0) is 21.0 Å². The van der Waals surface area contributed by atoms with Crippen molar-refractivity contribution in [3.8, 4) is 5.75 Å². The monoisotopic (exact) mass is 590 g/mol. The summed E-state index contributed by atoms with van der Waals surface area (Å²) >= 11 is 0. The summed E-state index contributed by atoms with van der Waals surface area (Å²) in [5.74, 6) is -4.05. The average molecular weight is 591 g/mol. The maximum absolute atomic E-state index is 14.0. The molecule has 0 aromatic heterocycles. The Hall–Kier alpha value is -4.75. The fourth-order valence-corrected chi connectivity index (χ4v) is 6.06. The molecule has 1 saturated carbocycles. The van der Waals surface area contributed by atoms with Crippen LogP contribution in [-0.4, -0.2) is 28.3 Å². The summed E-state index contributed by atoms with van der Waals surface area (Å²) in [6.07, 6.45) is -0.334. The molecule has 1 aliphatic rings. The number of rotatable bonds is 8. The van der Waals surface area contributed by atoms with Crippen molar-refractivity contribution in [1.29, 1.82) is 0 Å². The van der Waals surface area contributed by atoms with Crippen LogP contribution in [0.4, 0.5) is 11.4 Å². The summed E-state index contributed by atoms with van der Waals surface area (Å²) in [7, 11) is 0. The highest BCUT2D eigenvalue weighted by Gasteiger charge is 2.56. The molecule has 1 aliphatic carbocycles. The molecule has 4 aromatic carbocycles. The molecule has 44 heavy (non-hydrogen) atoms. The smallest absolute Gasteiger partial charge is 0.235 e. The third-order valence-electron chi connectivity index (χ3n) is 8.56. The molecule has 3 N–H and O–H groups in total. The predicted molar refractivity (Wildman–Crippen MR) is 172 cm³/mol. The number of para-hydroxylation sites is 2. The molecule has 0 heterocycles. The largest absolute Gasteiger partial charge is 0.489 e. The van der Waals surface area contributed by atoms with Crippen molar-refractivity contribution in [2.24, 2.45) is 11.8 Å². The lowest BCUT2D eigenvalue weighted by molar-refractivity contribution is -0.150. The van der Waals surface area contributed by atoms with Crippen LogP contribution in [0, 0.1) is 32.6 Å². The fraction of sp³-hybridized carbons (Fsp3) is 0.270. The molecule has 5 rings (SSSR count). The van der Waals surface area contributed by atoms with Crippen molar-refractivity contribution in [3.05, 3.63) is 125 Å². The number of amides is 2. The normalized spacial score (nSPS) is 21.4. The Balaban J connectivity index is 1.51. The van der Waals surface area contributed by atoms with Crippen molar-refractivity contribution < 1.29 is 24.2 Å². The van der Waals surface area contributed by atoms with Gasteiger partial charge in [-0.1, -0.05) is 72.8 Å². The Morgan fingerprint density at radius 2 is 1.30 bits per heavy atom. The summed E-state index contributed by atoms with van der Waals surface area (Å²) in [6, 6.07) is 29.7. The van der Waals surface area contributed by atoms with Crippen LogP contribution < -0.4 is 15.4 Å². The van der Waals surface area contributed by atoms with Gasteiger partial charge in [0.2, 0.25) is 11.8 Å². The van der Waals surface area contributed by atoms with E-state index in [1.165, 1.54) is 6.92 Å².